The summed E-state index contributed by atoms with van der Waals surface area (Å²) < 4.78 is 5.47. The van der Waals surface area contributed by atoms with Crippen LogP contribution in [0.15, 0.2) is 12.1 Å². The number of ether oxygens (including phenoxy) is 1. The van der Waals surface area contributed by atoms with E-state index >= 15 is 0 Å². The summed E-state index contributed by atoms with van der Waals surface area (Å²) in [6, 6.07) is 4.60. The van der Waals surface area contributed by atoms with Gasteiger partial charge in [0.15, 0.2) is 0 Å². The first kappa shape index (κ1) is 11.5. The summed E-state index contributed by atoms with van der Waals surface area (Å²) in [4.78, 5) is 0. The molecule has 1 aromatic carbocycles. The first-order chi connectivity index (χ1) is 7.39. The third kappa shape index (κ3) is 1.52. The Labute approximate surface area is 97.8 Å². The van der Waals surface area contributed by atoms with Gasteiger partial charge in [0.25, 0.3) is 0 Å². The standard InChI is InChI=1S/C14H21NO/c1-8-6-10(11(16-5)7-9(8)2)12-13(15)14(12,3)4/h6-7,12-13H,15H2,1-5H3/t12-,13-/m1/s1. The van der Waals surface area contributed by atoms with Crippen molar-refractivity contribution in [2.45, 2.75) is 39.7 Å². The maximum atomic E-state index is 6.13. The largest absolute Gasteiger partial charge is 0.496 e. The van der Waals surface area contributed by atoms with Crippen LogP contribution in [0, 0.1) is 19.3 Å². The van der Waals surface area contributed by atoms with Crippen molar-refractivity contribution in [3.05, 3.63) is 28.8 Å². The Kier molecular flexibility index (Phi) is 2.50. The molecule has 2 rings (SSSR count). The Hall–Kier alpha value is -1.02. The lowest BCUT2D eigenvalue weighted by Crippen LogP contribution is -2.06. The second-order valence-electron chi connectivity index (χ2n) is 5.50. The van der Waals surface area contributed by atoms with E-state index in [2.05, 4.69) is 39.8 Å². The van der Waals surface area contributed by atoms with Crippen LogP contribution in [0.2, 0.25) is 0 Å². The third-order valence-corrected chi connectivity index (χ3v) is 4.09. The lowest BCUT2D eigenvalue weighted by Gasteiger charge is -2.12. The molecule has 16 heavy (non-hydrogen) atoms. The summed E-state index contributed by atoms with van der Waals surface area (Å²) in [5.41, 5.74) is 10.2. The summed E-state index contributed by atoms with van der Waals surface area (Å²) in [5, 5.41) is 0. The van der Waals surface area contributed by atoms with Crippen LogP contribution in [-0.2, 0) is 0 Å². The number of methoxy groups -OCH3 is 1. The molecule has 0 bridgehead atoms. The van der Waals surface area contributed by atoms with Crippen molar-refractivity contribution >= 4 is 0 Å². The smallest absolute Gasteiger partial charge is 0.122 e. The maximum Gasteiger partial charge on any atom is 0.122 e. The highest BCUT2D eigenvalue weighted by atomic mass is 16.5. The quantitative estimate of drug-likeness (QED) is 0.830. The average molecular weight is 219 g/mol. The van der Waals surface area contributed by atoms with Gasteiger partial charge in [-0.05, 0) is 42.0 Å². The monoisotopic (exact) mass is 219 g/mol. The van der Waals surface area contributed by atoms with Gasteiger partial charge >= 0.3 is 0 Å². The molecule has 1 aliphatic rings. The van der Waals surface area contributed by atoms with Crippen molar-refractivity contribution < 1.29 is 4.74 Å². The number of hydrogen-bond acceptors (Lipinski definition) is 2. The summed E-state index contributed by atoms with van der Waals surface area (Å²) >= 11 is 0. The topological polar surface area (TPSA) is 35.2 Å². The Morgan fingerprint density at radius 2 is 1.69 bits per heavy atom. The first-order valence-electron chi connectivity index (χ1n) is 5.80. The highest BCUT2D eigenvalue weighted by Crippen LogP contribution is 2.59. The number of aryl methyl sites for hydroxylation is 2. The minimum atomic E-state index is 0.203. The van der Waals surface area contributed by atoms with Gasteiger partial charge in [-0.15, -0.1) is 0 Å². The lowest BCUT2D eigenvalue weighted by molar-refractivity contribution is 0.407. The van der Waals surface area contributed by atoms with Gasteiger partial charge in [-0.1, -0.05) is 19.9 Å². The van der Waals surface area contributed by atoms with Crippen LogP contribution in [0.25, 0.3) is 0 Å². The minimum absolute atomic E-state index is 0.203. The van der Waals surface area contributed by atoms with E-state index in [9.17, 15) is 0 Å². The van der Waals surface area contributed by atoms with Gasteiger partial charge in [0, 0.05) is 12.0 Å². The van der Waals surface area contributed by atoms with E-state index in [4.69, 9.17) is 10.5 Å². The molecule has 0 spiro atoms. The number of benzene rings is 1. The number of hydrogen-bond donors (Lipinski definition) is 1. The van der Waals surface area contributed by atoms with Crippen LogP contribution < -0.4 is 10.5 Å². The minimum Gasteiger partial charge on any atom is -0.496 e. The van der Waals surface area contributed by atoms with E-state index in [-0.39, 0.29) is 11.5 Å². The molecule has 1 aliphatic carbocycles. The summed E-state index contributed by atoms with van der Waals surface area (Å²) in [5.74, 6) is 1.41. The highest BCUT2D eigenvalue weighted by Gasteiger charge is 2.57. The molecule has 0 heterocycles. The van der Waals surface area contributed by atoms with Gasteiger partial charge in [-0.3, -0.25) is 0 Å². The molecule has 0 aromatic heterocycles. The molecule has 2 heteroatoms. The molecule has 0 aliphatic heterocycles. The molecule has 2 nitrogen and oxygen atoms in total. The second kappa shape index (κ2) is 3.49. The molecular weight excluding hydrogens is 198 g/mol. The van der Waals surface area contributed by atoms with Crippen LogP contribution in [-0.4, -0.2) is 13.2 Å². The van der Waals surface area contributed by atoms with E-state index in [1.54, 1.807) is 7.11 Å². The molecule has 1 fully saturated rings. The number of nitrogens with two attached hydrogens (primary N) is 1. The SMILES string of the molecule is COc1cc(C)c(C)cc1[C@@H]1[C@@H](N)C1(C)C. The van der Waals surface area contributed by atoms with Gasteiger partial charge in [0.05, 0.1) is 7.11 Å². The van der Waals surface area contributed by atoms with Crippen molar-refractivity contribution in [1.29, 1.82) is 0 Å². The summed E-state index contributed by atoms with van der Waals surface area (Å²) in [7, 11) is 1.73. The van der Waals surface area contributed by atoms with E-state index in [1.807, 2.05) is 0 Å². The van der Waals surface area contributed by atoms with Gasteiger partial charge in [-0.2, -0.15) is 0 Å². The van der Waals surface area contributed by atoms with Crippen molar-refractivity contribution in [3.8, 4) is 5.75 Å². The van der Waals surface area contributed by atoms with Gasteiger partial charge in [0.2, 0.25) is 0 Å². The molecule has 0 amide bonds. The maximum absolute atomic E-state index is 6.13. The predicted molar refractivity (Wildman–Crippen MR) is 67.0 cm³/mol. The van der Waals surface area contributed by atoms with E-state index < -0.39 is 0 Å². The highest BCUT2D eigenvalue weighted by molar-refractivity contribution is 5.48. The van der Waals surface area contributed by atoms with Crippen molar-refractivity contribution in [2.24, 2.45) is 11.1 Å². The Morgan fingerprint density at radius 3 is 2.12 bits per heavy atom. The normalized spacial score (nSPS) is 26.6. The molecule has 0 unspecified atom stereocenters. The van der Waals surface area contributed by atoms with E-state index in [1.165, 1.54) is 16.7 Å². The van der Waals surface area contributed by atoms with Gasteiger partial charge in [0.1, 0.15) is 5.75 Å². The number of rotatable bonds is 2. The zero-order valence-corrected chi connectivity index (χ0v) is 10.8. The van der Waals surface area contributed by atoms with Crippen LogP contribution in [0.3, 0.4) is 0 Å². The van der Waals surface area contributed by atoms with E-state index in [0.29, 0.717) is 5.92 Å². The van der Waals surface area contributed by atoms with Crippen LogP contribution >= 0.6 is 0 Å². The van der Waals surface area contributed by atoms with Crippen LogP contribution in [0.4, 0.5) is 0 Å². The Morgan fingerprint density at radius 1 is 1.19 bits per heavy atom. The van der Waals surface area contributed by atoms with Crippen molar-refractivity contribution in [2.75, 3.05) is 7.11 Å². The fraction of sp³-hybridized carbons (Fsp3) is 0.571. The van der Waals surface area contributed by atoms with Crippen LogP contribution in [0.5, 0.6) is 5.75 Å². The fourth-order valence-electron chi connectivity index (χ4n) is 2.50. The molecule has 88 valence electrons. The van der Waals surface area contributed by atoms with Crippen molar-refractivity contribution in [1.82, 2.24) is 0 Å². The fourth-order valence-corrected chi connectivity index (χ4v) is 2.50. The van der Waals surface area contributed by atoms with Crippen LogP contribution in [0.1, 0.15) is 36.5 Å². The Bertz CT molecular complexity index is 423. The second-order valence-corrected chi connectivity index (χ2v) is 5.50. The summed E-state index contributed by atoms with van der Waals surface area (Å²) in [6.07, 6.45) is 0. The zero-order valence-electron chi connectivity index (χ0n) is 10.8. The molecule has 0 radical (unpaired) electrons. The summed E-state index contributed by atoms with van der Waals surface area (Å²) in [6.45, 7) is 8.69. The predicted octanol–water partition coefficient (Wildman–Crippen LogP) is 2.76. The third-order valence-electron chi connectivity index (χ3n) is 4.09. The molecular formula is C14H21NO. The molecule has 0 saturated heterocycles. The molecule has 1 aromatic rings. The first-order valence-corrected chi connectivity index (χ1v) is 5.80. The average Bonchev–Trinajstić information content (AvgIpc) is 2.70. The molecule has 2 atom stereocenters. The molecule has 2 N–H and O–H groups in total. The van der Waals surface area contributed by atoms with Gasteiger partial charge in [-0.25, -0.2) is 0 Å². The zero-order chi connectivity index (χ0) is 12.1. The van der Waals surface area contributed by atoms with E-state index in [0.717, 1.165) is 5.75 Å². The van der Waals surface area contributed by atoms with Gasteiger partial charge < -0.3 is 10.5 Å². The van der Waals surface area contributed by atoms with Crippen molar-refractivity contribution in [3.63, 3.8) is 0 Å². The molecule has 1 saturated carbocycles. The Balaban J connectivity index is 2.46. The lowest BCUT2D eigenvalue weighted by atomic mass is 9.98.